The van der Waals surface area contributed by atoms with Crippen molar-refractivity contribution in [3.63, 3.8) is 0 Å². The van der Waals surface area contributed by atoms with Crippen LogP contribution in [0.25, 0.3) is 11.1 Å². The van der Waals surface area contributed by atoms with Crippen LogP contribution >= 0.6 is 47.4 Å². The van der Waals surface area contributed by atoms with Gasteiger partial charge in [0.25, 0.3) is 11.8 Å². The summed E-state index contributed by atoms with van der Waals surface area (Å²) in [5, 5.41) is 32.7. The molecule has 14 nitrogen and oxygen atoms in total. The molecule has 0 saturated heterocycles. The predicted molar refractivity (Wildman–Crippen MR) is 256 cm³/mol. The van der Waals surface area contributed by atoms with E-state index in [0.29, 0.717) is 70.8 Å². The molecule has 0 radical (unpaired) electrons. The molecule has 24 heteroatoms. The first kappa shape index (κ1) is 65.5. The number of halogens is 5. The standard InChI is InChI=1S/C20H17ClFN3O.C12H9BrClN3O.C8H10BFO2.C2H6.3K.HO4P/c1-11-10-17(22)12(2)9-16(11)15-7-8-18(24-19(15)23)25-20(26)13-3-5-14(21)6-4-13;13-9-5-6-10(16-11(9)15)17-12(18)7-1-3-8(14)4-2-7;1-5-4-8(10)6(2)3-7(5)9(11)12;1-2;;;;1-4-5(2)3/h3-10H,1-2H3,(H3,23,24,25,26);1-6H,(H3,15,16,17,18);3-4,11-12H,1-2H3;1-2H3;;;;1H/q;;;;;;+1;/p-1. The van der Waals surface area contributed by atoms with E-state index in [9.17, 15) is 18.4 Å². The topological polar surface area (TPSA) is 249 Å². The molecule has 0 aliphatic heterocycles. The summed E-state index contributed by atoms with van der Waals surface area (Å²) in [5.41, 5.74) is 16.8. The first-order valence-corrected chi connectivity index (χ1v) is 38.0. The summed E-state index contributed by atoms with van der Waals surface area (Å²) in [4.78, 5) is 41.3. The summed E-state index contributed by atoms with van der Waals surface area (Å²) in [6.07, 6.45) is 0. The van der Waals surface area contributed by atoms with E-state index >= 15 is 0 Å². The Balaban J connectivity index is 0.000000920. The molecule has 1 atom stereocenters. The zero-order valence-electron chi connectivity index (χ0n) is 37.5. The average Bonchev–Trinajstić information content (AvgIpc) is 3.27. The number of nitrogens with two attached hydrogens (primary N) is 2. The molecule has 0 saturated carbocycles. The van der Waals surface area contributed by atoms with Gasteiger partial charge in [0.15, 0.2) is 0 Å². The fourth-order valence-corrected chi connectivity index (χ4v) is 5.50. The van der Waals surface area contributed by atoms with Gasteiger partial charge in [0.2, 0.25) is 0 Å². The Kier molecular flexibility index (Phi) is 34.5. The third-order valence-corrected chi connectivity index (χ3v) is 9.47. The second-order valence-corrected chi connectivity index (χ2v) is 15.0. The molecule has 0 fully saturated rings. The Morgan fingerprint density at radius 3 is 1.50 bits per heavy atom. The van der Waals surface area contributed by atoms with Crippen molar-refractivity contribution >= 4 is 158 Å². The number of nitrogens with zero attached hydrogens (tertiary/aromatic N) is 2. The van der Waals surface area contributed by atoms with Crippen LogP contribution in [0.4, 0.5) is 32.1 Å². The van der Waals surface area contributed by atoms with Crippen LogP contribution < -0.4 is 89.1 Å². The van der Waals surface area contributed by atoms with Gasteiger partial charge in [-0.15, -0.1) is 0 Å². The van der Waals surface area contributed by atoms with Gasteiger partial charge in [-0.3, -0.25) is 9.59 Å². The normalized spacial score (nSPS) is 9.83. The fraction of sp³-hybridized carbons (Fsp3) is 0.143. The van der Waals surface area contributed by atoms with Crippen molar-refractivity contribution in [2.45, 2.75) is 41.5 Å². The molecular formula is C42H42BBrCl2F2K3N6O8P. The first-order valence-electron chi connectivity index (χ1n) is 19.4. The van der Waals surface area contributed by atoms with Crippen molar-refractivity contribution in [3.05, 3.63) is 157 Å². The molecule has 6 rings (SSSR count). The number of rotatable bonds is 7. The molecule has 0 aliphatic carbocycles. The van der Waals surface area contributed by atoms with Crippen LogP contribution in [0.3, 0.4) is 0 Å². The number of nitrogens with one attached hydrogen (secondary N) is 2. The van der Waals surface area contributed by atoms with E-state index < -0.39 is 15.4 Å². The van der Waals surface area contributed by atoms with Crippen molar-refractivity contribution in [1.82, 2.24) is 9.97 Å². The molecule has 2 heterocycles. The maximum atomic E-state index is 13.7. The summed E-state index contributed by atoms with van der Waals surface area (Å²) >= 11 is 17.3. The second-order valence-electron chi connectivity index (χ2n) is 12.7. The maximum absolute atomic E-state index is 13.7. The first-order chi connectivity index (χ1) is 30.7. The molecular weight excluding hydrogens is 1060 g/mol. The van der Waals surface area contributed by atoms with Crippen LogP contribution in [-0.4, -0.2) is 102 Å². The van der Waals surface area contributed by atoms with Crippen LogP contribution in [0, 0.1) is 39.3 Å². The van der Waals surface area contributed by atoms with Gasteiger partial charge < -0.3 is 42.3 Å². The van der Waals surface area contributed by atoms with Gasteiger partial charge in [-0.1, -0.05) is 43.1 Å². The van der Waals surface area contributed by atoms with Gasteiger partial charge in [-0.25, -0.2) is 23.4 Å². The molecule has 0 bridgehead atoms. The molecule has 8 N–H and O–H groups in total. The Morgan fingerprint density at radius 2 is 1.11 bits per heavy atom. The number of hydrogen-bond acceptors (Lipinski definition) is 12. The van der Waals surface area contributed by atoms with Crippen LogP contribution in [-0.2, 0) is 9.24 Å². The van der Waals surface area contributed by atoms with E-state index in [4.69, 9.17) is 59.4 Å². The number of amides is 2. The van der Waals surface area contributed by atoms with Crippen molar-refractivity contribution < 1.29 is 99.2 Å². The molecule has 2 aromatic heterocycles. The number of benzene rings is 4. The summed E-state index contributed by atoms with van der Waals surface area (Å²) < 4.78 is 38.5. The van der Waals surface area contributed by atoms with E-state index in [-0.39, 0.29) is 80.7 Å². The molecule has 6 aromatic rings. The monoisotopic (exact) mass is 1100 g/mol. The Bertz CT molecular complexity index is 2530. The van der Waals surface area contributed by atoms with Crippen molar-refractivity contribution in [1.29, 1.82) is 0 Å². The molecule has 4 aromatic carbocycles. The zero-order valence-corrected chi connectivity index (χ0v) is 50.9. The summed E-state index contributed by atoms with van der Waals surface area (Å²) in [5.74, 6) is 0.160. The van der Waals surface area contributed by atoms with Gasteiger partial charge in [0.1, 0.15) is 34.9 Å². The Hall–Kier alpha value is -0.486. The van der Waals surface area contributed by atoms with E-state index in [2.05, 4.69) is 41.2 Å². The number of anilines is 4. The minimum absolute atomic E-state index is 0. The summed E-state index contributed by atoms with van der Waals surface area (Å²) in [6, 6.07) is 25.9. The quantitative estimate of drug-likeness (QED) is 0.0575. The van der Waals surface area contributed by atoms with Gasteiger partial charge in [0.05, 0.1) is 4.47 Å². The van der Waals surface area contributed by atoms with Gasteiger partial charge in [-0.2, -0.15) is 0 Å². The number of pyridine rings is 2. The number of carbonyl (C=O) groups is 2. The third-order valence-electron chi connectivity index (χ3n) is 8.18. The Morgan fingerprint density at radius 1 is 0.712 bits per heavy atom. The minimum atomic E-state index is -3.15. The number of nitrogen functional groups attached to an aromatic ring is 2. The Labute approximate surface area is 489 Å². The van der Waals surface area contributed by atoms with Crippen molar-refractivity contribution in [2.75, 3.05) is 22.1 Å². The van der Waals surface area contributed by atoms with E-state index in [0.717, 1.165) is 11.1 Å². The number of hydrogen-bond donors (Lipinski definition) is 6. The van der Waals surface area contributed by atoms with E-state index in [1.54, 1.807) is 99.6 Å². The van der Waals surface area contributed by atoms with Gasteiger partial charge in [0, 0.05) is 26.7 Å². The SMILES string of the molecule is CC.Cc1cc(-c2ccc(NC(=O)c3ccc(Cl)cc3)nc2N)c(C)cc1F.Cc1cc(B(O)O)c(C)cc1F.Nc1nc(NC(=O)c2ccc(Cl)cc2)ccc1Br.O=[P+]([O-])O[O-].[K+].[K][K]. The molecule has 0 aliphatic rings. The molecule has 334 valence electrons. The zero-order chi connectivity index (χ0) is 49.6. The summed E-state index contributed by atoms with van der Waals surface area (Å²) in [6.45, 7) is 10.7. The average molecular weight is 1110 g/mol. The van der Waals surface area contributed by atoms with Gasteiger partial charge in [-0.05, 0) is 172 Å². The van der Waals surface area contributed by atoms with Crippen LogP contribution in [0.1, 0.15) is 56.8 Å². The molecule has 66 heavy (non-hydrogen) atoms. The van der Waals surface area contributed by atoms with E-state index in [1.807, 2.05) is 20.8 Å². The van der Waals surface area contributed by atoms with Crippen molar-refractivity contribution in [3.8, 4) is 11.1 Å². The molecule has 1 unspecified atom stereocenters. The molecule has 0 spiro atoms. The van der Waals surface area contributed by atoms with Crippen LogP contribution in [0.5, 0.6) is 0 Å². The van der Waals surface area contributed by atoms with E-state index in [1.165, 1.54) is 81.4 Å². The number of aromatic nitrogens is 2. The van der Waals surface area contributed by atoms with Crippen LogP contribution in [0.2, 0.25) is 10.0 Å². The number of carbonyl (C=O) groups excluding carboxylic acids is 2. The summed E-state index contributed by atoms with van der Waals surface area (Å²) in [7, 11) is -4.68. The molecule has 2 amide bonds. The van der Waals surface area contributed by atoms with Crippen LogP contribution in [0.15, 0.2) is 102 Å². The fourth-order valence-electron chi connectivity index (χ4n) is 5.03. The van der Waals surface area contributed by atoms with Crippen molar-refractivity contribution in [2.24, 2.45) is 0 Å². The number of aryl methyl sites for hydroxylation is 4. The second kappa shape index (κ2) is 34.8. The predicted octanol–water partition coefficient (Wildman–Crippen LogP) is 4.01. The van der Waals surface area contributed by atoms with Gasteiger partial charge >= 0.3 is 130 Å². The third kappa shape index (κ3) is 23.2.